The summed E-state index contributed by atoms with van der Waals surface area (Å²) in [4.78, 5) is 23.2. The number of carbonyl (C=O) groups is 2. The van der Waals surface area contributed by atoms with Crippen LogP contribution in [-0.2, 0) is 14.3 Å². The van der Waals surface area contributed by atoms with Crippen LogP contribution in [0.1, 0.15) is 30.6 Å². The number of esters is 2. The van der Waals surface area contributed by atoms with Crippen molar-refractivity contribution in [2.75, 3.05) is 12.3 Å². The summed E-state index contributed by atoms with van der Waals surface area (Å²) in [6.45, 7) is 3.34. The Morgan fingerprint density at radius 2 is 1.90 bits per heavy atom. The molecule has 0 amide bonds. The summed E-state index contributed by atoms with van der Waals surface area (Å²) >= 11 is 0. The second-order valence-corrected chi connectivity index (χ2v) is 3.91. The molecule has 1 unspecified atom stereocenters. The highest BCUT2D eigenvalue weighted by molar-refractivity contribution is 5.92. The summed E-state index contributed by atoms with van der Waals surface area (Å²) in [7, 11) is 0. The Hall–Kier alpha value is -2.18. The smallest absolute Gasteiger partial charge is 0.347 e. The van der Waals surface area contributed by atoms with Gasteiger partial charge in [-0.05, 0) is 19.4 Å². The van der Waals surface area contributed by atoms with E-state index >= 15 is 0 Å². The van der Waals surface area contributed by atoms with Crippen LogP contribution in [0.5, 0.6) is 0 Å². The normalized spacial score (nSPS) is 11.8. The van der Waals surface area contributed by atoms with Crippen LogP contribution in [0.3, 0.4) is 0 Å². The van der Waals surface area contributed by atoms with Crippen molar-refractivity contribution in [2.24, 2.45) is 0 Å². The molecule has 7 heteroatoms. The van der Waals surface area contributed by atoms with Gasteiger partial charge in [-0.25, -0.2) is 18.4 Å². The van der Waals surface area contributed by atoms with Gasteiger partial charge in [-0.15, -0.1) is 0 Å². The molecule has 0 aliphatic heterocycles. The predicted octanol–water partition coefficient (Wildman–Crippen LogP) is 2.05. The van der Waals surface area contributed by atoms with E-state index in [1.807, 2.05) is 0 Å². The number of rotatable bonds is 5. The molecule has 0 saturated heterocycles. The molecule has 0 saturated carbocycles. The number of hydrogen-bond donors (Lipinski definition) is 1. The highest BCUT2D eigenvalue weighted by Gasteiger charge is 2.25. The molecule has 0 aromatic heterocycles. The molecule has 20 heavy (non-hydrogen) atoms. The standard InChI is InChI=1S/C13H15F2NO4/c1-3-11(13(18)19-4-2)20-12(17)7-5-10(16)9(15)6-8(7)14/h5-6,11H,3-4,16H2,1-2H3. The maximum Gasteiger partial charge on any atom is 0.347 e. The number of carbonyl (C=O) groups excluding carboxylic acids is 2. The zero-order valence-electron chi connectivity index (χ0n) is 11.1. The summed E-state index contributed by atoms with van der Waals surface area (Å²) < 4.78 is 36.0. The van der Waals surface area contributed by atoms with Gasteiger partial charge in [-0.1, -0.05) is 6.92 Å². The van der Waals surface area contributed by atoms with Gasteiger partial charge in [0.25, 0.3) is 0 Å². The van der Waals surface area contributed by atoms with E-state index in [0.29, 0.717) is 6.07 Å². The van der Waals surface area contributed by atoms with E-state index in [4.69, 9.17) is 15.2 Å². The number of benzene rings is 1. The van der Waals surface area contributed by atoms with E-state index in [0.717, 1.165) is 6.07 Å². The van der Waals surface area contributed by atoms with Crippen LogP contribution < -0.4 is 5.73 Å². The molecule has 5 nitrogen and oxygen atoms in total. The van der Waals surface area contributed by atoms with Crippen molar-refractivity contribution in [3.05, 3.63) is 29.3 Å². The molecule has 1 aromatic carbocycles. The van der Waals surface area contributed by atoms with Gasteiger partial charge in [0.15, 0.2) is 6.10 Å². The van der Waals surface area contributed by atoms with Gasteiger partial charge in [0.2, 0.25) is 0 Å². The van der Waals surface area contributed by atoms with Crippen molar-refractivity contribution in [3.8, 4) is 0 Å². The summed E-state index contributed by atoms with van der Waals surface area (Å²) in [5, 5.41) is 0. The lowest BCUT2D eigenvalue weighted by atomic mass is 10.2. The molecular weight excluding hydrogens is 272 g/mol. The minimum absolute atomic E-state index is 0.130. The largest absolute Gasteiger partial charge is 0.463 e. The van der Waals surface area contributed by atoms with Gasteiger partial charge in [-0.3, -0.25) is 0 Å². The Kier molecular flexibility index (Phi) is 5.42. The fraction of sp³-hybridized carbons (Fsp3) is 0.385. The molecule has 0 aliphatic rings. The molecule has 1 rings (SSSR count). The molecule has 110 valence electrons. The molecule has 0 aliphatic carbocycles. The average molecular weight is 287 g/mol. The van der Waals surface area contributed by atoms with Crippen LogP contribution in [0.25, 0.3) is 0 Å². The van der Waals surface area contributed by atoms with Crippen LogP contribution >= 0.6 is 0 Å². The van der Waals surface area contributed by atoms with Crippen LogP contribution in [0.2, 0.25) is 0 Å². The topological polar surface area (TPSA) is 78.6 Å². The van der Waals surface area contributed by atoms with Crippen LogP contribution in [0.15, 0.2) is 12.1 Å². The van der Waals surface area contributed by atoms with Crippen LogP contribution in [0, 0.1) is 11.6 Å². The molecule has 0 bridgehead atoms. The Morgan fingerprint density at radius 1 is 1.25 bits per heavy atom. The number of hydrogen-bond acceptors (Lipinski definition) is 5. The zero-order valence-corrected chi connectivity index (χ0v) is 11.1. The van der Waals surface area contributed by atoms with Crippen molar-refractivity contribution in [3.63, 3.8) is 0 Å². The first-order valence-corrected chi connectivity index (χ1v) is 6.02. The molecular formula is C13H15F2NO4. The van der Waals surface area contributed by atoms with Crippen molar-refractivity contribution in [1.82, 2.24) is 0 Å². The number of ether oxygens (including phenoxy) is 2. The Bertz CT molecular complexity index is 519. The lowest BCUT2D eigenvalue weighted by molar-refractivity contribution is -0.153. The Balaban J connectivity index is 2.90. The van der Waals surface area contributed by atoms with E-state index < -0.39 is 35.2 Å². The van der Waals surface area contributed by atoms with Crippen molar-refractivity contribution < 1.29 is 27.8 Å². The fourth-order valence-corrected chi connectivity index (χ4v) is 1.45. The van der Waals surface area contributed by atoms with E-state index in [1.54, 1.807) is 13.8 Å². The molecule has 0 radical (unpaired) electrons. The maximum atomic E-state index is 13.5. The molecule has 0 fully saturated rings. The highest BCUT2D eigenvalue weighted by atomic mass is 19.1. The van der Waals surface area contributed by atoms with E-state index in [1.165, 1.54) is 0 Å². The van der Waals surface area contributed by atoms with Crippen LogP contribution in [-0.4, -0.2) is 24.6 Å². The summed E-state index contributed by atoms with van der Waals surface area (Å²) in [6, 6.07) is 1.31. The minimum Gasteiger partial charge on any atom is -0.463 e. The van der Waals surface area contributed by atoms with Gasteiger partial charge >= 0.3 is 11.9 Å². The maximum absolute atomic E-state index is 13.5. The molecule has 2 N–H and O–H groups in total. The number of nitrogens with two attached hydrogens (primary N) is 1. The van der Waals surface area contributed by atoms with E-state index in [9.17, 15) is 18.4 Å². The van der Waals surface area contributed by atoms with Crippen LogP contribution in [0.4, 0.5) is 14.5 Å². The van der Waals surface area contributed by atoms with Gasteiger partial charge < -0.3 is 15.2 Å². The second-order valence-electron chi connectivity index (χ2n) is 3.91. The molecule has 0 heterocycles. The van der Waals surface area contributed by atoms with Crippen molar-refractivity contribution in [2.45, 2.75) is 26.4 Å². The monoisotopic (exact) mass is 287 g/mol. The van der Waals surface area contributed by atoms with Gasteiger partial charge in [0, 0.05) is 6.07 Å². The quantitative estimate of drug-likeness (QED) is 0.662. The highest BCUT2D eigenvalue weighted by Crippen LogP contribution is 2.18. The van der Waals surface area contributed by atoms with Gasteiger partial charge in [0.1, 0.15) is 11.6 Å². The Labute approximate surface area is 114 Å². The minimum atomic E-state index is -1.15. The SMILES string of the molecule is CCOC(=O)C(CC)OC(=O)c1cc(N)c(F)cc1F. The summed E-state index contributed by atoms with van der Waals surface area (Å²) in [5.41, 5.74) is 4.34. The van der Waals surface area contributed by atoms with E-state index in [2.05, 4.69) is 0 Å². The number of halogens is 2. The third-order valence-corrected chi connectivity index (χ3v) is 2.48. The van der Waals surface area contributed by atoms with Crippen molar-refractivity contribution in [1.29, 1.82) is 0 Å². The van der Waals surface area contributed by atoms with Crippen molar-refractivity contribution >= 4 is 17.6 Å². The van der Waals surface area contributed by atoms with Gasteiger partial charge in [0.05, 0.1) is 17.9 Å². The average Bonchev–Trinajstić information content (AvgIpc) is 2.40. The molecule has 1 aromatic rings. The molecule has 0 spiro atoms. The van der Waals surface area contributed by atoms with E-state index in [-0.39, 0.29) is 18.7 Å². The predicted molar refractivity (Wildman–Crippen MR) is 66.9 cm³/mol. The first-order chi connectivity index (χ1) is 9.40. The lowest BCUT2D eigenvalue weighted by Crippen LogP contribution is -2.29. The lowest BCUT2D eigenvalue weighted by Gasteiger charge is -2.15. The third-order valence-electron chi connectivity index (χ3n) is 2.48. The van der Waals surface area contributed by atoms with Gasteiger partial charge in [-0.2, -0.15) is 0 Å². The second kappa shape index (κ2) is 6.83. The zero-order chi connectivity index (χ0) is 15.3. The fourth-order valence-electron chi connectivity index (χ4n) is 1.45. The Morgan fingerprint density at radius 3 is 2.45 bits per heavy atom. The summed E-state index contributed by atoms with van der Waals surface area (Å²) in [5.74, 6) is -3.91. The molecule has 1 atom stereocenters. The number of anilines is 1. The first-order valence-electron chi connectivity index (χ1n) is 6.02. The number of nitrogen functional groups attached to an aromatic ring is 1. The summed E-state index contributed by atoms with van der Waals surface area (Å²) in [6.07, 6.45) is -0.976. The third kappa shape index (κ3) is 3.66. The first kappa shape index (κ1) is 15.9.